The highest BCUT2D eigenvalue weighted by Gasteiger charge is 2.24. The minimum Gasteiger partial charge on any atom is -0.480 e. The standard InChI is InChI=1S/C15H18F2N2O4/c1-8-3-4-10(5-9(8)2)14(21)18-7-13(20)19-11(15(22)23)6-12(16)17/h3-5,11-12H,6-7H2,1-2H3,(H,18,21)(H,19,20)(H,22,23). The lowest BCUT2D eigenvalue weighted by Gasteiger charge is -2.14. The first kappa shape index (κ1) is 18.5. The zero-order valence-electron chi connectivity index (χ0n) is 12.7. The number of aliphatic carboxylic acids is 1. The highest BCUT2D eigenvalue weighted by molar-refractivity contribution is 5.97. The van der Waals surface area contributed by atoms with Crippen molar-refractivity contribution in [3.63, 3.8) is 0 Å². The fraction of sp³-hybridized carbons (Fsp3) is 0.400. The zero-order chi connectivity index (χ0) is 17.6. The number of benzene rings is 1. The van der Waals surface area contributed by atoms with Gasteiger partial charge in [0.2, 0.25) is 12.3 Å². The Labute approximate surface area is 131 Å². The van der Waals surface area contributed by atoms with Gasteiger partial charge in [-0.05, 0) is 37.1 Å². The molecular formula is C15H18F2N2O4. The van der Waals surface area contributed by atoms with E-state index in [0.29, 0.717) is 5.56 Å². The van der Waals surface area contributed by atoms with Gasteiger partial charge in [0.25, 0.3) is 5.91 Å². The van der Waals surface area contributed by atoms with E-state index in [1.54, 1.807) is 18.2 Å². The molecule has 0 aromatic heterocycles. The van der Waals surface area contributed by atoms with Gasteiger partial charge in [0, 0.05) is 12.0 Å². The highest BCUT2D eigenvalue weighted by Crippen LogP contribution is 2.09. The molecule has 6 nitrogen and oxygen atoms in total. The van der Waals surface area contributed by atoms with Crippen molar-refractivity contribution >= 4 is 17.8 Å². The van der Waals surface area contributed by atoms with E-state index in [4.69, 9.17) is 5.11 Å². The zero-order valence-corrected chi connectivity index (χ0v) is 12.7. The average molecular weight is 328 g/mol. The number of hydrogen-bond acceptors (Lipinski definition) is 3. The Bertz CT molecular complexity index is 605. The van der Waals surface area contributed by atoms with Crippen LogP contribution in [0.2, 0.25) is 0 Å². The van der Waals surface area contributed by atoms with E-state index < -0.39 is 43.2 Å². The molecule has 0 aliphatic heterocycles. The highest BCUT2D eigenvalue weighted by atomic mass is 19.3. The van der Waals surface area contributed by atoms with Crippen molar-refractivity contribution in [3.05, 3.63) is 34.9 Å². The molecule has 2 amide bonds. The van der Waals surface area contributed by atoms with Crippen LogP contribution in [-0.4, -0.2) is 41.9 Å². The smallest absolute Gasteiger partial charge is 0.326 e. The number of aryl methyl sites for hydroxylation is 2. The number of carboxylic acid groups (broad SMARTS) is 1. The van der Waals surface area contributed by atoms with Crippen LogP contribution in [-0.2, 0) is 9.59 Å². The Kier molecular flexibility index (Phi) is 6.62. The van der Waals surface area contributed by atoms with Gasteiger partial charge in [0.05, 0.1) is 6.54 Å². The molecule has 1 aromatic carbocycles. The van der Waals surface area contributed by atoms with Gasteiger partial charge in [0.1, 0.15) is 6.04 Å². The van der Waals surface area contributed by atoms with Crippen LogP contribution >= 0.6 is 0 Å². The van der Waals surface area contributed by atoms with E-state index in [1.807, 2.05) is 19.2 Å². The average Bonchev–Trinajstić information content (AvgIpc) is 2.46. The molecule has 0 saturated heterocycles. The quantitative estimate of drug-likeness (QED) is 0.702. The maximum absolute atomic E-state index is 12.2. The van der Waals surface area contributed by atoms with Gasteiger partial charge >= 0.3 is 5.97 Å². The minimum atomic E-state index is -2.86. The fourth-order valence-electron chi connectivity index (χ4n) is 1.79. The summed E-state index contributed by atoms with van der Waals surface area (Å²) in [5.41, 5.74) is 2.27. The van der Waals surface area contributed by atoms with Crippen LogP contribution in [0.3, 0.4) is 0 Å². The first-order chi connectivity index (χ1) is 10.7. The van der Waals surface area contributed by atoms with Gasteiger partial charge in [-0.1, -0.05) is 6.07 Å². The summed E-state index contributed by atoms with van der Waals surface area (Å²) in [5, 5.41) is 13.0. The van der Waals surface area contributed by atoms with E-state index in [-0.39, 0.29) is 0 Å². The molecule has 23 heavy (non-hydrogen) atoms. The van der Waals surface area contributed by atoms with Crippen LogP contribution < -0.4 is 10.6 Å². The number of rotatable bonds is 7. The van der Waals surface area contributed by atoms with Crippen molar-refractivity contribution in [2.75, 3.05) is 6.54 Å². The molecule has 0 saturated carbocycles. The van der Waals surface area contributed by atoms with Crippen molar-refractivity contribution < 1.29 is 28.3 Å². The Morgan fingerprint density at radius 3 is 2.35 bits per heavy atom. The van der Waals surface area contributed by atoms with E-state index in [2.05, 4.69) is 5.32 Å². The van der Waals surface area contributed by atoms with Crippen molar-refractivity contribution in [1.82, 2.24) is 10.6 Å². The first-order valence-electron chi connectivity index (χ1n) is 6.86. The van der Waals surface area contributed by atoms with Crippen molar-refractivity contribution in [3.8, 4) is 0 Å². The number of amides is 2. The third-order valence-electron chi connectivity index (χ3n) is 3.23. The maximum Gasteiger partial charge on any atom is 0.326 e. The number of alkyl halides is 2. The number of carboxylic acids is 1. The second kappa shape index (κ2) is 8.21. The molecule has 1 aromatic rings. The molecule has 0 aliphatic carbocycles. The van der Waals surface area contributed by atoms with Gasteiger partial charge in [-0.25, -0.2) is 13.6 Å². The second-order valence-electron chi connectivity index (χ2n) is 5.07. The lowest BCUT2D eigenvalue weighted by atomic mass is 10.1. The van der Waals surface area contributed by atoms with Gasteiger partial charge in [-0.2, -0.15) is 0 Å². The fourth-order valence-corrected chi connectivity index (χ4v) is 1.79. The normalized spacial score (nSPS) is 11.9. The number of carbonyl (C=O) groups excluding carboxylic acids is 2. The molecule has 3 N–H and O–H groups in total. The summed E-state index contributed by atoms with van der Waals surface area (Å²) in [6.07, 6.45) is -3.85. The molecular weight excluding hydrogens is 310 g/mol. The van der Waals surface area contributed by atoms with Crippen LogP contribution in [0.1, 0.15) is 27.9 Å². The number of nitrogens with one attached hydrogen (secondary N) is 2. The van der Waals surface area contributed by atoms with Crippen LogP contribution in [0.4, 0.5) is 8.78 Å². The SMILES string of the molecule is Cc1ccc(C(=O)NCC(=O)NC(CC(F)F)C(=O)O)cc1C. The van der Waals surface area contributed by atoms with E-state index >= 15 is 0 Å². The predicted molar refractivity (Wildman–Crippen MR) is 78.4 cm³/mol. The molecule has 0 fully saturated rings. The lowest BCUT2D eigenvalue weighted by Crippen LogP contribution is -2.46. The summed E-state index contributed by atoms with van der Waals surface area (Å²) in [7, 11) is 0. The van der Waals surface area contributed by atoms with Crippen LogP contribution in [0, 0.1) is 13.8 Å². The first-order valence-corrected chi connectivity index (χ1v) is 6.86. The topological polar surface area (TPSA) is 95.5 Å². The Hall–Kier alpha value is -2.51. The predicted octanol–water partition coefficient (Wildman–Crippen LogP) is 1.26. The number of halogens is 2. The van der Waals surface area contributed by atoms with Crippen molar-refractivity contribution in [1.29, 1.82) is 0 Å². The van der Waals surface area contributed by atoms with Crippen LogP contribution in [0.25, 0.3) is 0 Å². The number of carbonyl (C=O) groups is 3. The Balaban J connectivity index is 2.56. The summed E-state index contributed by atoms with van der Waals surface area (Å²) in [4.78, 5) is 34.2. The van der Waals surface area contributed by atoms with Crippen LogP contribution in [0.5, 0.6) is 0 Å². The monoisotopic (exact) mass is 328 g/mol. The van der Waals surface area contributed by atoms with E-state index in [0.717, 1.165) is 11.1 Å². The molecule has 1 atom stereocenters. The van der Waals surface area contributed by atoms with Crippen LogP contribution in [0.15, 0.2) is 18.2 Å². The molecule has 8 heteroatoms. The molecule has 0 radical (unpaired) electrons. The largest absolute Gasteiger partial charge is 0.480 e. The lowest BCUT2D eigenvalue weighted by molar-refractivity contribution is -0.142. The van der Waals surface area contributed by atoms with Gasteiger partial charge in [-0.15, -0.1) is 0 Å². The summed E-state index contributed by atoms with van der Waals surface area (Å²) >= 11 is 0. The second-order valence-corrected chi connectivity index (χ2v) is 5.07. The summed E-state index contributed by atoms with van der Waals surface area (Å²) in [6, 6.07) is 3.31. The molecule has 0 heterocycles. The van der Waals surface area contributed by atoms with E-state index in [1.165, 1.54) is 0 Å². The van der Waals surface area contributed by atoms with Gasteiger partial charge in [-0.3, -0.25) is 9.59 Å². The molecule has 1 unspecified atom stereocenters. The molecule has 0 bridgehead atoms. The Morgan fingerprint density at radius 2 is 1.83 bits per heavy atom. The molecule has 0 spiro atoms. The third kappa shape index (κ3) is 6.01. The van der Waals surface area contributed by atoms with E-state index in [9.17, 15) is 23.2 Å². The van der Waals surface area contributed by atoms with Crippen molar-refractivity contribution in [2.45, 2.75) is 32.7 Å². The Morgan fingerprint density at radius 1 is 1.17 bits per heavy atom. The molecule has 126 valence electrons. The summed E-state index contributed by atoms with van der Waals surface area (Å²) in [5.74, 6) is -2.92. The molecule has 0 aliphatic rings. The molecule has 1 rings (SSSR count). The third-order valence-corrected chi connectivity index (χ3v) is 3.23. The van der Waals surface area contributed by atoms with Crippen molar-refractivity contribution in [2.24, 2.45) is 0 Å². The summed E-state index contributed by atoms with van der Waals surface area (Å²) in [6.45, 7) is 3.22. The minimum absolute atomic E-state index is 0.350. The number of hydrogen-bond donors (Lipinski definition) is 3. The maximum atomic E-state index is 12.2. The summed E-state index contributed by atoms with van der Waals surface area (Å²) < 4.78 is 24.4. The van der Waals surface area contributed by atoms with Gasteiger partial charge < -0.3 is 15.7 Å². The van der Waals surface area contributed by atoms with Gasteiger partial charge in [0.15, 0.2) is 0 Å².